The first kappa shape index (κ1) is 20.0. The van der Waals surface area contributed by atoms with E-state index in [9.17, 15) is 9.59 Å². The quantitative estimate of drug-likeness (QED) is 0.469. The minimum Gasteiger partial charge on any atom is -0.464 e. The molecule has 0 saturated carbocycles. The summed E-state index contributed by atoms with van der Waals surface area (Å²) in [7, 11) is 0. The molecular weight excluding hydrogens is 328 g/mol. The number of aromatic nitrogens is 1. The molecule has 0 unspecified atom stereocenters. The molecule has 2 aromatic rings. The van der Waals surface area contributed by atoms with Crippen molar-refractivity contribution in [2.75, 3.05) is 6.61 Å². The smallest absolute Gasteiger partial charge is 0.328 e. The lowest BCUT2D eigenvalue weighted by Gasteiger charge is -2.16. The third-order valence-corrected chi connectivity index (χ3v) is 4.50. The van der Waals surface area contributed by atoms with Crippen LogP contribution in [-0.2, 0) is 20.7 Å². The van der Waals surface area contributed by atoms with Crippen LogP contribution in [0.25, 0.3) is 10.9 Å². The molecule has 1 aromatic heterocycles. The van der Waals surface area contributed by atoms with E-state index in [0.29, 0.717) is 13.0 Å². The predicted molar refractivity (Wildman–Crippen MR) is 104 cm³/mol. The minimum absolute atomic E-state index is 0.230. The first-order valence-electron chi connectivity index (χ1n) is 9.60. The molecule has 0 aliphatic rings. The maximum Gasteiger partial charge on any atom is 0.328 e. The maximum absolute atomic E-state index is 12.4. The number of carbonyl (C=O) groups is 2. The van der Waals surface area contributed by atoms with Crippen molar-refractivity contribution in [2.24, 2.45) is 0 Å². The number of ether oxygens (including phenoxy) is 1. The summed E-state index contributed by atoms with van der Waals surface area (Å²) in [4.78, 5) is 27.1. The van der Waals surface area contributed by atoms with Gasteiger partial charge in [0.25, 0.3) is 0 Å². The fraction of sp³-hybridized carbons (Fsp3) is 0.524. The van der Waals surface area contributed by atoms with Crippen molar-refractivity contribution in [3.05, 3.63) is 36.0 Å². The standard InChI is InChI=1S/C21H30N2O3/c1-3-4-5-6-7-10-13-26-21(25)20(23-16(2)24)14-17-15-22-19-12-9-8-11-18(17)19/h8-9,11-12,15,20,22H,3-7,10,13-14H2,1-2H3,(H,23,24)/t20-/m0/s1. The van der Waals surface area contributed by atoms with Crippen LogP contribution in [-0.4, -0.2) is 29.5 Å². The Labute approximate surface area is 155 Å². The molecule has 0 fully saturated rings. The van der Waals surface area contributed by atoms with Crippen molar-refractivity contribution in [3.8, 4) is 0 Å². The predicted octanol–water partition coefficient (Wildman–Crippen LogP) is 4.12. The minimum atomic E-state index is -0.660. The normalized spacial score (nSPS) is 12.1. The molecule has 2 rings (SSSR count). The summed E-state index contributed by atoms with van der Waals surface area (Å²) >= 11 is 0. The largest absolute Gasteiger partial charge is 0.464 e. The first-order valence-corrected chi connectivity index (χ1v) is 9.60. The Morgan fingerprint density at radius 2 is 1.85 bits per heavy atom. The van der Waals surface area contributed by atoms with Crippen molar-refractivity contribution < 1.29 is 14.3 Å². The van der Waals surface area contributed by atoms with Gasteiger partial charge in [0.15, 0.2) is 0 Å². The van der Waals surface area contributed by atoms with E-state index in [1.807, 2.05) is 30.5 Å². The Morgan fingerprint density at radius 3 is 2.62 bits per heavy atom. The lowest BCUT2D eigenvalue weighted by Crippen LogP contribution is -2.42. The number of aromatic amines is 1. The van der Waals surface area contributed by atoms with E-state index in [4.69, 9.17) is 4.74 Å². The van der Waals surface area contributed by atoms with Gasteiger partial charge in [-0.3, -0.25) is 4.79 Å². The van der Waals surface area contributed by atoms with Gasteiger partial charge in [-0.15, -0.1) is 0 Å². The number of rotatable bonds is 11. The van der Waals surface area contributed by atoms with Crippen molar-refractivity contribution in [1.82, 2.24) is 10.3 Å². The Kier molecular flexibility index (Phi) is 8.19. The summed E-state index contributed by atoms with van der Waals surface area (Å²) in [5.41, 5.74) is 2.01. The van der Waals surface area contributed by atoms with Crippen molar-refractivity contribution >= 4 is 22.8 Å². The van der Waals surface area contributed by atoms with E-state index in [1.54, 1.807) is 0 Å². The number of esters is 1. The van der Waals surface area contributed by atoms with Gasteiger partial charge >= 0.3 is 5.97 Å². The Balaban J connectivity index is 1.88. The summed E-state index contributed by atoms with van der Waals surface area (Å²) < 4.78 is 5.41. The van der Waals surface area contributed by atoms with Gasteiger partial charge in [0.1, 0.15) is 6.04 Å². The van der Waals surface area contributed by atoms with Gasteiger partial charge in [0.05, 0.1) is 6.61 Å². The zero-order chi connectivity index (χ0) is 18.8. The monoisotopic (exact) mass is 358 g/mol. The fourth-order valence-electron chi connectivity index (χ4n) is 3.11. The van der Waals surface area contributed by atoms with Gasteiger partial charge in [-0.05, 0) is 18.1 Å². The zero-order valence-electron chi connectivity index (χ0n) is 15.8. The molecule has 2 N–H and O–H groups in total. The molecule has 0 spiro atoms. The summed E-state index contributed by atoms with van der Waals surface area (Å²) in [5.74, 6) is -0.592. The number of unbranched alkanes of at least 4 members (excludes halogenated alkanes) is 5. The molecule has 1 aromatic carbocycles. The number of nitrogens with one attached hydrogen (secondary N) is 2. The van der Waals surface area contributed by atoms with Crippen LogP contribution in [0.3, 0.4) is 0 Å². The fourth-order valence-corrected chi connectivity index (χ4v) is 3.11. The van der Waals surface area contributed by atoms with E-state index in [2.05, 4.69) is 17.2 Å². The topological polar surface area (TPSA) is 71.2 Å². The molecule has 1 heterocycles. The third-order valence-electron chi connectivity index (χ3n) is 4.50. The van der Waals surface area contributed by atoms with Gasteiger partial charge in [0, 0.05) is 30.4 Å². The van der Waals surface area contributed by atoms with Gasteiger partial charge in [0.2, 0.25) is 5.91 Å². The number of amides is 1. The highest BCUT2D eigenvalue weighted by atomic mass is 16.5. The molecule has 142 valence electrons. The maximum atomic E-state index is 12.4. The van der Waals surface area contributed by atoms with Crippen LogP contribution >= 0.6 is 0 Å². The number of hydrogen-bond donors (Lipinski definition) is 2. The number of benzene rings is 1. The second-order valence-electron chi connectivity index (χ2n) is 6.75. The van der Waals surface area contributed by atoms with Crippen LogP contribution in [0.5, 0.6) is 0 Å². The number of fused-ring (bicyclic) bond motifs is 1. The number of carbonyl (C=O) groups excluding carboxylic acids is 2. The molecule has 0 saturated heterocycles. The highest BCUT2D eigenvalue weighted by Gasteiger charge is 2.22. The second kappa shape index (κ2) is 10.6. The lowest BCUT2D eigenvalue weighted by atomic mass is 10.0. The van der Waals surface area contributed by atoms with Gasteiger partial charge in [-0.25, -0.2) is 4.79 Å². The molecule has 1 amide bonds. The molecular formula is C21H30N2O3. The van der Waals surface area contributed by atoms with Gasteiger partial charge < -0.3 is 15.0 Å². The molecule has 0 radical (unpaired) electrons. The van der Waals surface area contributed by atoms with Crippen LogP contribution in [0.4, 0.5) is 0 Å². The van der Waals surface area contributed by atoms with E-state index < -0.39 is 6.04 Å². The molecule has 5 nitrogen and oxygen atoms in total. The van der Waals surface area contributed by atoms with E-state index in [0.717, 1.165) is 29.3 Å². The average Bonchev–Trinajstić information content (AvgIpc) is 3.03. The van der Waals surface area contributed by atoms with Crippen LogP contribution in [0.1, 0.15) is 57.9 Å². The summed E-state index contributed by atoms with van der Waals surface area (Å²) in [6.07, 6.45) is 9.14. The van der Waals surface area contributed by atoms with Crippen molar-refractivity contribution in [2.45, 2.75) is 64.8 Å². The zero-order valence-corrected chi connectivity index (χ0v) is 15.8. The van der Waals surface area contributed by atoms with Crippen LogP contribution < -0.4 is 5.32 Å². The van der Waals surface area contributed by atoms with Crippen molar-refractivity contribution in [1.29, 1.82) is 0 Å². The molecule has 0 aliphatic heterocycles. The van der Waals surface area contributed by atoms with Crippen LogP contribution in [0.15, 0.2) is 30.5 Å². The van der Waals surface area contributed by atoms with E-state index >= 15 is 0 Å². The third kappa shape index (κ3) is 6.21. The average molecular weight is 358 g/mol. The Morgan fingerprint density at radius 1 is 1.12 bits per heavy atom. The molecule has 0 aliphatic carbocycles. The molecule has 26 heavy (non-hydrogen) atoms. The summed E-state index contributed by atoms with van der Waals surface area (Å²) in [5, 5.41) is 3.79. The van der Waals surface area contributed by atoms with E-state index in [-0.39, 0.29) is 11.9 Å². The number of hydrogen-bond acceptors (Lipinski definition) is 3. The van der Waals surface area contributed by atoms with Crippen LogP contribution in [0.2, 0.25) is 0 Å². The Hall–Kier alpha value is -2.30. The summed E-state index contributed by atoms with van der Waals surface area (Å²) in [6.45, 7) is 4.02. The molecule has 0 bridgehead atoms. The first-order chi connectivity index (χ1) is 12.6. The number of para-hydroxylation sites is 1. The van der Waals surface area contributed by atoms with Crippen LogP contribution in [0, 0.1) is 0 Å². The highest BCUT2D eigenvalue weighted by Crippen LogP contribution is 2.19. The van der Waals surface area contributed by atoms with E-state index in [1.165, 1.54) is 32.6 Å². The lowest BCUT2D eigenvalue weighted by molar-refractivity contribution is -0.147. The summed E-state index contributed by atoms with van der Waals surface area (Å²) in [6, 6.07) is 7.26. The van der Waals surface area contributed by atoms with Gasteiger partial charge in [-0.1, -0.05) is 57.2 Å². The van der Waals surface area contributed by atoms with Crippen molar-refractivity contribution in [3.63, 3.8) is 0 Å². The Bertz CT molecular complexity index is 708. The molecule has 1 atom stereocenters. The molecule has 5 heteroatoms. The SMILES string of the molecule is CCCCCCCCOC(=O)[C@H](Cc1c[nH]c2ccccc12)NC(C)=O. The van der Waals surface area contributed by atoms with Gasteiger partial charge in [-0.2, -0.15) is 0 Å². The highest BCUT2D eigenvalue weighted by molar-refractivity contribution is 5.86. The second-order valence-corrected chi connectivity index (χ2v) is 6.75. The number of H-pyrrole nitrogens is 1.